The van der Waals surface area contributed by atoms with E-state index >= 15 is 0 Å². The van der Waals surface area contributed by atoms with E-state index in [1.807, 2.05) is 0 Å². The number of carbonyl (C=O) groups is 8. The van der Waals surface area contributed by atoms with E-state index in [0.717, 1.165) is 40.5 Å². The summed E-state index contributed by atoms with van der Waals surface area (Å²) in [6.07, 6.45) is -2.40. The minimum absolute atomic E-state index is 0.0241. The molecule has 2 aromatic carbocycles. The molecular weight excluding hydrogens is 1060 g/mol. The summed E-state index contributed by atoms with van der Waals surface area (Å²) in [6, 6.07) is 8.87. The standard InChI is InChI=1S/C55H66N6O20/c1-8-19-74-55(70)61-38-26-42(41(71-7)25-36(38)52(69)60-18-11-13-37(60)53(61)81-46-15-9-10-20-73-46)72-21-12-14-45(66)56-35-24-39(59(6)27-35)50(67)57-34-16-17-40-33(22-34)23-43(79-40)51(68)58-47-49(77-31(4)64)48(76-30(3)63)44(28-75-29(2)62)80-54(47)78-32(5)65/h8,16-17,22-27,37,44,46-50,53-54,57,67H,1,9-15,18-21,28H2,2-7H3,(H,56,66)(H,58,68)/t37-,44?,46?,47?,48?,49?,50?,53?,54?/m0/s1. The Labute approximate surface area is 465 Å². The molecule has 0 radical (unpaired) electrons. The Morgan fingerprint density at radius 1 is 0.877 bits per heavy atom. The summed E-state index contributed by atoms with van der Waals surface area (Å²) in [4.78, 5) is 107. The highest BCUT2D eigenvalue weighted by Gasteiger charge is 2.53. The first-order chi connectivity index (χ1) is 38.8. The van der Waals surface area contributed by atoms with Crippen LogP contribution in [-0.2, 0) is 68.9 Å². The number of nitrogens with one attached hydrogen (secondary N) is 3. The van der Waals surface area contributed by atoms with E-state index in [1.54, 1.807) is 53.0 Å². The topological polar surface area (TPSA) is 310 Å². The lowest BCUT2D eigenvalue weighted by Gasteiger charge is -2.44. The Hall–Kier alpha value is -8.20. The van der Waals surface area contributed by atoms with E-state index in [0.29, 0.717) is 54.9 Å². The molecular formula is C55H66N6O20. The van der Waals surface area contributed by atoms with E-state index < -0.39 is 97.9 Å². The van der Waals surface area contributed by atoms with Crippen molar-refractivity contribution in [3.8, 4) is 11.5 Å². The Morgan fingerprint density at radius 2 is 1.64 bits per heavy atom. The number of anilines is 3. The average molecular weight is 1130 g/mol. The zero-order valence-electron chi connectivity index (χ0n) is 45.6. The molecule has 0 spiro atoms. The van der Waals surface area contributed by atoms with Crippen molar-refractivity contribution >= 4 is 75.7 Å². The summed E-state index contributed by atoms with van der Waals surface area (Å²) < 4.78 is 64.6. The van der Waals surface area contributed by atoms with Crippen LogP contribution in [0.3, 0.4) is 0 Å². The van der Waals surface area contributed by atoms with Crippen LogP contribution in [0.5, 0.6) is 11.5 Å². The van der Waals surface area contributed by atoms with E-state index in [1.165, 1.54) is 30.2 Å². The summed E-state index contributed by atoms with van der Waals surface area (Å²) in [5.74, 6) is -4.51. The predicted molar refractivity (Wildman–Crippen MR) is 283 cm³/mol. The molecule has 4 aliphatic heterocycles. The van der Waals surface area contributed by atoms with Gasteiger partial charge in [0.2, 0.25) is 12.2 Å². The van der Waals surface area contributed by atoms with E-state index in [9.17, 15) is 43.5 Å². The van der Waals surface area contributed by atoms with Crippen molar-refractivity contribution in [3.05, 3.63) is 78.3 Å². The zero-order chi connectivity index (χ0) is 58.1. The maximum Gasteiger partial charge on any atom is 0.416 e. The van der Waals surface area contributed by atoms with Crippen molar-refractivity contribution in [1.82, 2.24) is 14.8 Å². The zero-order valence-corrected chi connectivity index (χ0v) is 45.6. The first kappa shape index (κ1) is 58.9. The van der Waals surface area contributed by atoms with Crippen LogP contribution in [0.25, 0.3) is 11.0 Å². The summed E-state index contributed by atoms with van der Waals surface area (Å²) in [6.45, 7) is 8.49. The second kappa shape index (κ2) is 26.4. The number of methoxy groups -OCH3 is 1. The Kier molecular flexibility index (Phi) is 19.2. The number of aryl methyl sites for hydroxylation is 1. The molecule has 2 aromatic heterocycles. The van der Waals surface area contributed by atoms with Gasteiger partial charge in [-0.05, 0) is 74.9 Å². The molecule has 81 heavy (non-hydrogen) atoms. The lowest BCUT2D eigenvalue weighted by Crippen LogP contribution is -2.67. The lowest BCUT2D eigenvalue weighted by atomic mass is 9.96. The maximum atomic E-state index is 14.2. The number of esters is 4. The molecule has 6 heterocycles. The number of hydrogen-bond donors (Lipinski definition) is 4. The molecule has 436 valence electrons. The molecule has 0 aliphatic carbocycles. The molecule has 9 atom stereocenters. The highest BCUT2D eigenvalue weighted by atomic mass is 16.7. The number of hydrogen-bond acceptors (Lipinski definition) is 21. The van der Waals surface area contributed by atoms with Gasteiger partial charge in [-0.2, -0.15) is 0 Å². The predicted octanol–water partition coefficient (Wildman–Crippen LogP) is 5.11. The van der Waals surface area contributed by atoms with Crippen molar-refractivity contribution in [1.29, 1.82) is 0 Å². The fourth-order valence-corrected chi connectivity index (χ4v) is 10.1. The fourth-order valence-electron chi connectivity index (χ4n) is 10.1. The third kappa shape index (κ3) is 14.2. The molecule has 0 bridgehead atoms. The number of benzene rings is 2. The quantitative estimate of drug-likeness (QED) is 0.0277. The normalized spacial score (nSPS) is 22.7. The van der Waals surface area contributed by atoms with Crippen LogP contribution in [-0.4, -0.2) is 152 Å². The Morgan fingerprint density at radius 3 is 2.35 bits per heavy atom. The Balaban J connectivity index is 0.898. The van der Waals surface area contributed by atoms with Gasteiger partial charge in [0.1, 0.15) is 30.9 Å². The summed E-state index contributed by atoms with van der Waals surface area (Å²) >= 11 is 0. The van der Waals surface area contributed by atoms with Crippen molar-refractivity contribution in [2.24, 2.45) is 7.05 Å². The minimum atomic E-state index is -1.62. The van der Waals surface area contributed by atoms with Crippen molar-refractivity contribution in [2.45, 2.75) is 128 Å². The van der Waals surface area contributed by atoms with Gasteiger partial charge < -0.3 is 82.3 Å². The fraction of sp³-hybridized carbons (Fsp3) is 0.491. The van der Waals surface area contributed by atoms with Crippen LogP contribution in [0.4, 0.5) is 21.9 Å². The number of nitrogens with zero attached hydrogens (tertiary/aromatic N) is 3. The number of ether oxygens (including phenoxy) is 10. The highest BCUT2D eigenvalue weighted by Crippen LogP contribution is 2.43. The van der Waals surface area contributed by atoms with E-state index in [-0.39, 0.29) is 72.0 Å². The highest BCUT2D eigenvalue weighted by molar-refractivity contribution is 6.06. The van der Waals surface area contributed by atoms with Crippen molar-refractivity contribution in [3.63, 3.8) is 0 Å². The Bertz CT molecular complexity index is 3000. The third-order valence-corrected chi connectivity index (χ3v) is 13.6. The summed E-state index contributed by atoms with van der Waals surface area (Å²) in [5, 5.41) is 20.2. The number of fused-ring (bicyclic) bond motifs is 3. The largest absolute Gasteiger partial charge is 0.493 e. The molecule has 4 N–H and O–H groups in total. The number of furan rings is 1. The molecule has 8 rings (SSSR count). The molecule has 8 unspecified atom stereocenters. The second-order valence-corrected chi connectivity index (χ2v) is 19.6. The third-order valence-electron chi connectivity index (χ3n) is 13.6. The van der Waals surface area contributed by atoms with Gasteiger partial charge in [0, 0.05) is 77.7 Å². The lowest BCUT2D eigenvalue weighted by molar-refractivity contribution is -0.270. The number of aliphatic hydroxyl groups excluding tert-OH is 1. The maximum absolute atomic E-state index is 14.2. The van der Waals surface area contributed by atoms with E-state index in [2.05, 4.69) is 22.5 Å². The van der Waals surface area contributed by atoms with Gasteiger partial charge in [-0.25, -0.2) is 9.69 Å². The minimum Gasteiger partial charge on any atom is -0.493 e. The first-order valence-electron chi connectivity index (χ1n) is 26.4. The molecule has 4 amide bonds. The van der Waals surface area contributed by atoms with Gasteiger partial charge >= 0.3 is 30.0 Å². The number of aliphatic hydroxyl groups is 1. The second-order valence-electron chi connectivity index (χ2n) is 19.6. The van der Waals surface area contributed by atoms with Crippen LogP contribution in [0, 0.1) is 0 Å². The molecule has 4 aromatic rings. The van der Waals surface area contributed by atoms with Crippen molar-refractivity contribution < 1.29 is 95.2 Å². The molecule has 4 aliphatic rings. The van der Waals surface area contributed by atoms with Gasteiger partial charge in [0.05, 0.1) is 42.4 Å². The van der Waals surface area contributed by atoms with Crippen molar-refractivity contribution in [2.75, 3.05) is 55.6 Å². The number of aromatic nitrogens is 1. The summed E-state index contributed by atoms with van der Waals surface area (Å²) in [5.41, 5.74) is 1.84. The van der Waals surface area contributed by atoms with Crippen LogP contribution >= 0.6 is 0 Å². The monoisotopic (exact) mass is 1130 g/mol. The number of rotatable bonds is 21. The van der Waals surface area contributed by atoms with Gasteiger partial charge in [0.25, 0.3) is 11.8 Å². The molecule has 26 heteroatoms. The van der Waals surface area contributed by atoms with Gasteiger partial charge in [-0.1, -0.05) is 12.7 Å². The van der Waals surface area contributed by atoms with Gasteiger partial charge in [-0.3, -0.25) is 33.6 Å². The molecule has 3 saturated heterocycles. The van der Waals surface area contributed by atoms with Gasteiger partial charge in [-0.15, -0.1) is 0 Å². The number of amides is 4. The van der Waals surface area contributed by atoms with Crippen LogP contribution in [0.15, 0.2) is 65.7 Å². The van der Waals surface area contributed by atoms with E-state index in [4.69, 9.17) is 51.8 Å². The molecule has 26 nitrogen and oxygen atoms in total. The average Bonchev–Trinajstić information content (AvgIpc) is 4.20. The number of carbonyl (C=O) groups excluding carboxylic acids is 8. The molecule has 3 fully saturated rings. The SMILES string of the molecule is C=CCOC(=O)N1c2cc(OCCCC(=O)Nc3cc(C(O)Nc4ccc5oc(C(=O)NC6C(OC(C)=O)OC(COC(C)=O)C(OC(C)=O)C6OC(C)=O)cc5c4)n(C)c3)c(OC)cc2C(=O)N2CCC[C@H]2C1OC1CCCCO1. The smallest absolute Gasteiger partial charge is 0.416 e. The molecule has 0 saturated carbocycles. The van der Waals surface area contributed by atoms with Crippen LogP contribution < -0.4 is 30.3 Å². The summed E-state index contributed by atoms with van der Waals surface area (Å²) in [7, 11) is 3.12. The van der Waals surface area contributed by atoms with Gasteiger partial charge in [0.15, 0.2) is 48.2 Å². The van der Waals surface area contributed by atoms with Crippen LogP contribution in [0.2, 0.25) is 0 Å². The first-order valence-corrected chi connectivity index (χ1v) is 26.4. The van der Waals surface area contributed by atoms with Crippen LogP contribution in [0.1, 0.15) is 105 Å².